The number of carbonyl (C=O) groups excluding carboxylic acids is 1. The van der Waals surface area contributed by atoms with Gasteiger partial charge in [0.15, 0.2) is 0 Å². The predicted octanol–water partition coefficient (Wildman–Crippen LogP) is 0.900. The summed E-state index contributed by atoms with van der Waals surface area (Å²) in [6.45, 7) is 0. The first-order valence-electron chi connectivity index (χ1n) is 7.07. The van der Waals surface area contributed by atoms with Gasteiger partial charge in [-0.15, -0.1) is 10.2 Å². The Morgan fingerprint density at radius 1 is 1.24 bits per heavy atom. The van der Waals surface area contributed by atoms with Gasteiger partial charge in [0.2, 0.25) is 5.82 Å². The van der Waals surface area contributed by atoms with Crippen LogP contribution in [0.25, 0.3) is 11.4 Å². The van der Waals surface area contributed by atoms with E-state index in [1.807, 2.05) is 0 Å². The minimum absolute atomic E-state index is 0.150. The number of hydrogen-bond acceptors (Lipinski definition) is 5. The highest BCUT2D eigenvalue weighted by Crippen LogP contribution is 2.19. The summed E-state index contributed by atoms with van der Waals surface area (Å²) in [4.78, 5) is 12.2. The van der Waals surface area contributed by atoms with Gasteiger partial charge in [-0.05, 0) is 30.2 Å². The van der Waals surface area contributed by atoms with Crippen LogP contribution in [-0.2, 0) is 0 Å². The molecule has 0 spiro atoms. The van der Waals surface area contributed by atoms with Gasteiger partial charge >= 0.3 is 0 Å². The van der Waals surface area contributed by atoms with Crippen LogP contribution in [0.2, 0.25) is 0 Å². The number of nitrogens with one attached hydrogen (secondary N) is 2. The van der Waals surface area contributed by atoms with E-state index in [0.717, 1.165) is 31.2 Å². The Kier molecular flexibility index (Phi) is 3.92. The number of aromatic amines is 1. The third kappa shape index (κ3) is 3.08. The Morgan fingerprint density at radius 2 is 2.00 bits per heavy atom. The Bertz CT molecular complexity index is 596. The summed E-state index contributed by atoms with van der Waals surface area (Å²) in [6, 6.07) is 6.84. The van der Waals surface area contributed by atoms with Crippen LogP contribution < -0.4 is 5.32 Å². The summed E-state index contributed by atoms with van der Waals surface area (Å²) in [6.07, 6.45) is 3.20. The monoisotopic (exact) mass is 287 g/mol. The zero-order valence-corrected chi connectivity index (χ0v) is 11.5. The summed E-state index contributed by atoms with van der Waals surface area (Å²) >= 11 is 0. The molecule has 1 fully saturated rings. The van der Waals surface area contributed by atoms with E-state index in [-0.39, 0.29) is 11.9 Å². The van der Waals surface area contributed by atoms with E-state index in [9.17, 15) is 9.90 Å². The molecule has 1 amide bonds. The molecule has 0 bridgehead atoms. The zero-order valence-electron chi connectivity index (χ0n) is 11.5. The SMILES string of the molecule is O=C(NC1CCCCC1O)c1ccc(-c2nn[nH]n2)cc1. The number of carbonyl (C=O) groups is 1. The Labute approximate surface area is 121 Å². The van der Waals surface area contributed by atoms with Crippen molar-refractivity contribution in [3.05, 3.63) is 29.8 Å². The number of rotatable bonds is 3. The lowest BCUT2D eigenvalue weighted by molar-refractivity contribution is 0.0717. The van der Waals surface area contributed by atoms with Crippen molar-refractivity contribution in [3.63, 3.8) is 0 Å². The van der Waals surface area contributed by atoms with Crippen LogP contribution >= 0.6 is 0 Å². The maximum absolute atomic E-state index is 12.2. The molecule has 21 heavy (non-hydrogen) atoms. The van der Waals surface area contributed by atoms with Gasteiger partial charge in [0, 0.05) is 11.1 Å². The lowest BCUT2D eigenvalue weighted by Gasteiger charge is -2.28. The van der Waals surface area contributed by atoms with Crippen LogP contribution in [0.5, 0.6) is 0 Å². The van der Waals surface area contributed by atoms with E-state index < -0.39 is 6.10 Å². The molecule has 7 nitrogen and oxygen atoms in total. The van der Waals surface area contributed by atoms with Gasteiger partial charge in [-0.3, -0.25) is 4.79 Å². The fourth-order valence-corrected chi connectivity index (χ4v) is 2.59. The van der Waals surface area contributed by atoms with Crippen LogP contribution in [-0.4, -0.2) is 43.8 Å². The molecule has 7 heteroatoms. The van der Waals surface area contributed by atoms with Crippen LogP contribution in [0.3, 0.4) is 0 Å². The quantitative estimate of drug-likeness (QED) is 0.778. The normalized spacial score (nSPS) is 22.0. The van der Waals surface area contributed by atoms with Crippen molar-refractivity contribution in [3.8, 4) is 11.4 Å². The van der Waals surface area contributed by atoms with Crippen LogP contribution in [0.1, 0.15) is 36.0 Å². The topological polar surface area (TPSA) is 104 Å². The van der Waals surface area contributed by atoms with Crippen molar-refractivity contribution in [2.75, 3.05) is 0 Å². The number of hydrogen-bond donors (Lipinski definition) is 3. The number of nitrogens with zero attached hydrogens (tertiary/aromatic N) is 3. The molecule has 1 aliphatic rings. The highest BCUT2D eigenvalue weighted by atomic mass is 16.3. The van der Waals surface area contributed by atoms with Crippen molar-refractivity contribution in [2.45, 2.75) is 37.8 Å². The van der Waals surface area contributed by atoms with E-state index in [2.05, 4.69) is 25.9 Å². The molecule has 3 N–H and O–H groups in total. The molecule has 2 atom stereocenters. The Balaban J connectivity index is 1.67. The lowest BCUT2D eigenvalue weighted by Crippen LogP contribution is -2.45. The molecular weight excluding hydrogens is 270 g/mol. The molecule has 3 rings (SSSR count). The van der Waals surface area contributed by atoms with Crippen LogP contribution in [0, 0.1) is 0 Å². The minimum atomic E-state index is -0.443. The molecule has 0 saturated heterocycles. The van der Waals surface area contributed by atoms with Gasteiger partial charge in [0.05, 0.1) is 12.1 Å². The molecule has 0 aliphatic heterocycles. The number of aromatic nitrogens is 4. The molecule has 1 heterocycles. The first-order chi connectivity index (χ1) is 10.2. The van der Waals surface area contributed by atoms with Gasteiger partial charge in [0.1, 0.15) is 0 Å². The highest BCUT2D eigenvalue weighted by Gasteiger charge is 2.24. The van der Waals surface area contributed by atoms with Crippen LogP contribution in [0.15, 0.2) is 24.3 Å². The van der Waals surface area contributed by atoms with Crippen molar-refractivity contribution in [1.82, 2.24) is 25.9 Å². The summed E-state index contributed by atoms with van der Waals surface area (Å²) < 4.78 is 0. The van der Waals surface area contributed by atoms with Crippen molar-refractivity contribution in [1.29, 1.82) is 0 Å². The van der Waals surface area contributed by atoms with Gasteiger partial charge in [-0.2, -0.15) is 5.21 Å². The van der Waals surface area contributed by atoms with Crippen LogP contribution in [0.4, 0.5) is 0 Å². The molecule has 0 radical (unpaired) electrons. The standard InChI is InChI=1S/C14H17N5O2/c20-12-4-2-1-3-11(12)15-14(21)10-7-5-9(6-8-10)13-16-18-19-17-13/h5-8,11-12,20H,1-4H2,(H,15,21)(H,16,17,18,19). The zero-order chi connectivity index (χ0) is 14.7. The maximum atomic E-state index is 12.2. The van der Waals surface area contributed by atoms with E-state index in [4.69, 9.17) is 0 Å². The van der Waals surface area contributed by atoms with Gasteiger partial charge in [-0.1, -0.05) is 25.0 Å². The van der Waals surface area contributed by atoms with Gasteiger partial charge in [0.25, 0.3) is 5.91 Å². The van der Waals surface area contributed by atoms with Crippen molar-refractivity contribution in [2.24, 2.45) is 0 Å². The molecule has 1 saturated carbocycles. The molecule has 1 aliphatic carbocycles. The Hall–Kier alpha value is -2.28. The second-order valence-corrected chi connectivity index (χ2v) is 5.24. The molecule has 110 valence electrons. The average Bonchev–Trinajstić information content (AvgIpc) is 3.04. The highest BCUT2D eigenvalue weighted by molar-refractivity contribution is 5.94. The second kappa shape index (κ2) is 6.01. The number of aliphatic hydroxyl groups is 1. The second-order valence-electron chi connectivity index (χ2n) is 5.24. The van der Waals surface area contributed by atoms with E-state index in [1.165, 1.54) is 0 Å². The van der Waals surface area contributed by atoms with E-state index >= 15 is 0 Å². The number of amides is 1. The fraction of sp³-hybridized carbons (Fsp3) is 0.429. The van der Waals surface area contributed by atoms with Crippen molar-refractivity contribution >= 4 is 5.91 Å². The molecule has 1 aromatic carbocycles. The first-order valence-corrected chi connectivity index (χ1v) is 7.07. The fourth-order valence-electron chi connectivity index (χ4n) is 2.59. The number of aliphatic hydroxyl groups excluding tert-OH is 1. The maximum Gasteiger partial charge on any atom is 0.251 e. The molecule has 1 aromatic heterocycles. The lowest BCUT2D eigenvalue weighted by atomic mass is 9.92. The van der Waals surface area contributed by atoms with E-state index in [1.54, 1.807) is 24.3 Å². The van der Waals surface area contributed by atoms with Crippen molar-refractivity contribution < 1.29 is 9.90 Å². The minimum Gasteiger partial charge on any atom is -0.391 e. The number of H-pyrrole nitrogens is 1. The summed E-state index contributed by atoms with van der Waals surface area (Å²) in [5.41, 5.74) is 1.35. The first kappa shape index (κ1) is 13.7. The summed E-state index contributed by atoms with van der Waals surface area (Å²) in [7, 11) is 0. The summed E-state index contributed by atoms with van der Waals surface area (Å²) in [5.74, 6) is 0.324. The third-order valence-corrected chi connectivity index (χ3v) is 3.80. The molecule has 2 aromatic rings. The number of benzene rings is 1. The molecule has 2 unspecified atom stereocenters. The van der Waals surface area contributed by atoms with E-state index in [0.29, 0.717) is 11.4 Å². The average molecular weight is 287 g/mol. The Morgan fingerprint density at radius 3 is 2.67 bits per heavy atom. The van der Waals surface area contributed by atoms with Gasteiger partial charge < -0.3 is 10.4 Å². The largest absolute Gasteiger partial charge is 0.391 e. The van der Waals surface area contributed by atoms with Gasteiger partial charge in [-0.25, -0.2) is 0 Å². The number of tetrazole rings is 1. The predicted molar refractivity (Wildman–Crippen MR) is 75.3 cm³/mol. The molecular formula is C14H17N5O2. The summed E-state index contributed by atoms with van der Waals surface area (Å²) in [5, 5.41) is 26.4. The smallest absolute Gasteiger partial charge is 0.251 e. The third-order valence-electron chi connectivity index (χ3n) is 3.80.